The summed E-state index contributed by atoms with van der Waals surface area (Å²) in [6.45, 7) is 0. The molecule has 0 unspecified atom stereocenters. The molecule has 0 fully saturated rings. The van der Waals surface area contributed by atoms with Gasteiger partial charge in [-0.25, -0.2) is 14.4 Å². The highest BCUT2D eigenvalue weighted by atomic mass is 19.1. The van der Waals surface area contributed by atoms with Crippen molar-refractivity contribution in [3.05, 3.63) is 90.6 Å². The lowest BCUT2D eigenvalue weighted by molar-refractivity contribution is 0.373. The second-order valence-electron chi connectivity index (χ2n) is 7.04. The number of benzene rings is 2. The van der Waals surface area contributed by atoms with Crippen LogP contribution in [0.4, 0.5) is 10.2 Å². The Morgan fingerprint density at radius 2 is 1.91 bits per heavy atom. The smallest absolute Gasteiger partial charge is 0.165 e. The molecule has 0 radical (unpaired) electrons. The number of imidazole rings is 1. The number of halogens is 1. The zero-order chi connectivity index (χ0) is 22.1. The molecule has 32 heavy (non-hydrogen) atoms. The van der Waals surface area contributed by atoms with Crippen molar-refractivity contribution in [3.8, 4) is 34.1 Å². The lowest BCUT2D eigenvalue weighted by Gasteiger charge is -2.05. The summed E-state index contributed by atoms with van der Waals surface area (Å²) in [6, 6.07) is 20.6. The van der Waals surface area contributed by atoms with E-state index < -0.39 is 0 Å². The number of methoxy groups -OCH3 is 1. The topological polar surface area (TPSA) is 72.3 Å². The quantitative estimate of drug-likeness (QED) is 0.356. The van der Waals surface area contributed by atoms with Crippen LogP contribution in [0.2, 0.25) is 0 Å². The van der Waals surface area contributed by atoms with E-state index in [1.807, 2.05) is 28.8 Å². The fourth-order valence-corrected chi connectivity index (χ4v) is 3.48. The molecule has 0 saturated heterocycles. The maximum atomic E-state index is 14.1. The first kappa shape index (κ1) is 19.6. The van der Waals surface area contributed by atoms with E-state index >= 15 is 0 Å². The van der Waals surface area contributed by atoms with Gasteiger partial charge in [-0.15, -0.1) is 0 Å². The van der Waals surface area contributed by atoms with Gasteiger partial charge in [0.2, 0.25) is 0 Å². The number of rotatable bonds is 5. The van der Waals surface area contributed by atoms with Crippen LogP contribution >= 0.6 is 0 Å². The second-order valence-corrected chi connectivity index (χ2v) is 7.04. The number of aromatic nitrogens is 2. The van der Waals surface area contributed by atoms with Crippen molar-refractivity contribution in [1.29, 1.82) is 0 Å². The number of phenolic OH excluding ortho intramolecular Hbond substituents is 1. The van der Waals surface area contributed by atoms with Crippen LogP contribution in [-0.2, 0) is 0 Å². The summed E-state index contributed by atoms with van der Waals surface area (Å²) in [5.74, 6) is 1.51. The van der Waals surface area contributed by atoms with Gasteiger partial charge in [0.05, 0.1) is 18.9 Å². The number of phenols is 1. The number of furan rings is 1. The van der Waals surface area contributed by atoms with E-state index in [9.17, 15) is 9.50 Å². The molecule has 5 aromatic rings. The molecule has 0 aliphatic rings. The first-order chi connectivity index (χ1) is 15.6. The zero-order valence-corrected chi connectivity index (χ0v) is 17.1. The van der Waals surface area contributed by atoms with Crippen molar-refractivity contribution < 1.29 is 18.7 Å². The molecule has 158 valence electrons. The SMILES string of the molecule is COc1cc(-c2nc3ccccn3c2/N=C/c2ccc(-c3ccccc3F)o2)ccc1O. The molecule has 0 spiro atoms. The van der Waals surface area contributed by atoms with Crippen molar-refractivity contribution in [2.75, 3.05) is 7.11 Å². The first-order valence-electron chi connectivity index (χ1n) is 9.87. The molecule has 0 atom stereocenters. The fourth-order valence-electron chi connectivity index (χ4n) is 3.48. The highest BCUT2D eigenvalue weighted by Gasteiger charge is 2.15. The monoisotopic (exact) mass is 427 g/mol. The molecule has 3 heterocycles. The van der Waals surface area contributed by atoms with Crippen molar-refractivity contribution in [3.63, 3.8) is 0 Å². The molecule has 3 aromatic heterocycles. The molecular weight excluding hydrogens is 409 g/mol. The standard InChI is InChI=1S/C25H18FN3O3/c1-31-22-14-16(9-11-20(22)30)24-25(29-13-5-4-8-23(29)28-24)27-15-17-10-12-21(32-17)18-6-2-3-7-19(18)26/h2-15,30H,1H3/b27-15+. The molecule has 0 bridgehead atoms. The van der Waals surface area contributed by atoms with Crippen LogP contribution < -0.4 is 4.74 Å². The predicted octanol–water partition coefficient (Wildman–Crippen LogP) is 5.87. The molecular formula is C25H18FN3O3. The molecule has 6 nitrogen and oxygen atoms in total. The Hall–Kier alpha value is -4.39. The summed E-state index contributed by atoms with van der Waals surface area (Å²) in [7, 11) is 1.49. The summed E-state index contributed by atoms with van der Waals surface area (Å²) in [6.07, 6.45) is 3.44. The van der Waals surface area contributed by atoms with E-state index in [4.69, 9.17) is 14.1 Å². The van der Waals surface area contributed by atoms with Crippen LogP contribution in [0.15, 0.2) is 88.4 Å². The van der Waals surface area contributed by atoms with Crippen molar-refractivity contribution in [2.45, 2.75) is 0 Å². The third-order valence-corrected chi connectivity index (χ3v) is 5.04. The van der Waals surface area contributed by atoms with E-state index in [-0.39, 0.29) is 11.6 Å². The fraction of sp³-hybridized carbons (Fsp3) is 0.0400. The summed E-state index contributed by atoms with van der Waals surface area (Å²) in [5.41, 5.74) is 2.46. The number of aliphatic imine (C=N–C) groups is 1. The molecule has 0 amide bonds. The predicted molar refractivity (Wildman–Crippen MR) is 120 cm³/mol. The second kappa shape index (κ2) is 8.03. The average molecular weight is 427 g/mol. The van der Waals surface area contributed by atoms with Crippen LogP contribution in [0, 0.1) is 5.82 Å². The minimum absolute atomic E-state index is 0.0429. The Morgan fingerprint density at radius 1 is 1.06 bits per heavy atom. The number of nitrogens with zero attached hydrogens (tertiary/aromatic N) is 3. The number of aromatic hydroxyl groups is 1. The van der Waals surface area contributed by atoms with Crippen LogP contribution in [0.3, 0.4) is 0 Å². The lowest BCUT2D eigenvalue weighted by atomic mass is 10.1. The molecule has 5 rings (SSSR count). The van der Waals surface area contributed by atoms with Crippen LogP contribution in [0.25, 0.3) is 28.2 Å². The van der Waals surface area contributed by atoms with Gasteiger partial charge in [-0.2, -0.15) is 0 Å². The van der Waals surface area contributed by atoms with Crippen LogP contribution in [0.5, 0.6) is 11.5 Å². The highest BCUT2D eigenvalue weighted by molar-refractivity contribution is 5.84. The van der Waals surface area contributed by atoms with E-state index in [1.54, 1.807) is 54.7 Å². The highest BCUT2D eigenvalue weighted by Crippen LogP contribution is 2.36. The molecule has 2 aromatic carbocycles. The number of pyridine rings is 1. The molecule has 0 aliphatic carbocycles. The third kappa shape index (κ3) is 3.50. The minimum atomic E-state index is -0.351. The van der Waals surface area contributed by atoms with Crippen LogP contribution in [-0.4, -0.2) is 27.8 Å². The first-order valence-corrected chi connectivity index (χ1v) is 9.87. The summed E-state index contributed by atoms with van der Waals surface area (Å²) in [5, 5.41) is 9.94. The van der Waals surface area contributed by atoms with Crippen molar-refractivity contribution in [1.82, 2.24) is 9.38 Å². The van der Waals surface area contributed by atoms with Gasteiger partial charge in [-0.3, -0.25) is 4.40 Å². The molecule has 0 saturated carbocycles. The Kier molecular flexibility index (Phi) is 4.91. The van der Waals surface area contributed by atoms with Gasteiger partial charge in [0.25, 0.3) is 0 Å². The van der Waals surface area contributed by atoms with Gasteiger partial charge in [0, 0.05) is 11.8 Å². The van der Waals surface area contributed by atoms with E-state index in [0.717, 1.165) is 5.56 Å². The number of hydrogen-bond acceptors (Lipinski definition) is 5. The normalized spacial score (nSPS) is 11.4. The summed E-state index contributed by atoms with van der Waals surface area (Å²) >= 11 is 0. The number of ether oxygens (including phenoxy) is 1. The zero-order valence-electron chi connectivity index (χ0n) is 17.1. The molecule has 0 aliphatic heterocycles. The molecule has 1 N–H and O–H groups in total. The average Bonchev–Trinajstić information content (AvgIpc) is 3.43. The van der Waals surface area contributed by atoms with E-state index in [2.05, 4.69) is 4.99 Å². The Morgan fingerprint density at radius 3 is 2.75 bits per heavy atom. The van der Waals surface area contributed by atoms with Gasteiger partial charge in [-0.1, -0.05) is 18.2 Å². The van der Waals surface area contributed by atoms with Crippen LogP contribution in [0.1, 0.15) is 5.76 Å². The van der Waals surface area contributed by atoms with Gasteiger partial charge in [0.1, 0.15) is 28.7 Å². The number of hydrogen-bond donors (Lipinski definition) is 1. The summed E-state index contributed by atoms with van der Waals surface area (Å²) in [4.78, 5) is 9.33. The van der Waals surface area contributed by atoms with E-state index in [1.165, 1.54) is 13.2 Å². The molecule has 7 heteroatoms. The Balaban J connectivity index is 1.57. The Labute approximate surface area is 182 Å². The van der Waals surface area contributed by atoms with Gasteiger partial charge < -0.3 is 14.3 Å². The van der Waals surface area contributed by atoms with E-state index in [0.29, 0.717) is 40.0 Å². The van der Waals surface area contributed by atoms with Crippen molar-refractivity contribution in [2.24, 2.45) is 4.99 Å². The maximum Gasteiger partial charge on any atom is 0.165 e. The maximum absolute atomic E-state index is 14.1. The van der Waals surface area contributed by atoms with Crippen molar-refractivity contribution >= 4 is 17.7 Å². The lowest BCUT2D eigenvalue weighted by Crippen LogP contribution is -1.86. The van der Waals surface area contributed by atoms with Gasteiger partial charge in [-0.05, 0) is 54.6 Å². The van der Waals surface area contributed by atoms with Gasteiger partial charge >= 0.3 is 0 Å². The van der Waals surface area contributed by atoms with Gasteiger partial charge in [0.15, 0.2) is 17.3 Å². The minimum Gasteiger partial charge on any atom is -0.504 e. The third-order valence-electron chi connectivity index (χ3n) is 5.04. The Bertz CT molecular complexity index is 1450. The largest absolute Gasteiger partial charge is 0.504 e. The number of fused-ring (bicyclic) bond motifs is 1. The summed E-state index contributed by atoms with van der Waals surface area (Å²) < 4.78 is 26.9.